The van der Waals surface area contributed by atoms with Gasteiger partial charge in [0.25, 0.3) is 0 Å². The van der Waals surface area contributed by atoms with E-state index in [1.54, 1.807) is 7.11 Å². The Labute approximate surface area is 159 Å². The van der Waals surface area contributed by atoms with Gasteiger partial charge in [0.2, 0.25) is 0 Å². The third-order valence-electron chi connectivity index (χ3n) is 5.91. The first kappa shape index (κ1) is 16.3. The van der Waals surface area contributed by atoms with Crippen molar-refractivity contribution in [2.45, 2.75) is 25.3 Å². The van der Waals surface area contributed by atoms with Crippen molar-refractivity contribution in [3.63, 3.8) is 0 Å². The van der Waals surface area contributed by atoms with Gasteiger partial charge in [-0.15, -0.1) is 0 Å². The number of rotatable bonds is 2. The monoisotopic (exact) mass is 353 g/mol. The topological polar surface area (TPSA) is 35.2 Å². The van der Waals surface area contributed by atoms with E-state index >= 15 is 0 Å². The van der Waals surface area contributed by atoms with Crippen molar-refractivity contribution in [3.8, 4) is 16.9 Å². The van der Waals surface area contributed by atoms with E-state index in [-0.39, 0.29) is 6.04 Å². The highest BCUT2D eigenvalue weighted by Gasteiger charge is 2.21. The van der Waals surface area contributed by atoms with Crippen molar-refractivity contribution in [2.24, 2.45) is 5.73 Å². The van der Waals surface area contributed by atoms with Crippen LogP contribution in [0.4, 0.5) is 0 Å². The molecule has 134 valence electrons. The molecular formula is C25H23NO. The number of ether oxygens (including phenoxy) is 1. The van der Waals surface area contributed by atoms with Crippen molar-refractivity contribution in [1.29, 1.82) is 0 Å². The molecule has 1 aliphatic rings. The molecule has 4 aromatic rings. The normalized spacial score (nSPS) is 16.4. The van der Waals surface area contributed by atoms with Crippen LogP contribution in [-0.2, 0) is 6.42 Å². The van der Waals surface area contributed by atoms with E-state index in [0.29, 0.717) is 0 Å². The van der Waals surface area contributed by atoms with Crippen LogP contribution in [-0.4, -0.2) is 7.11 Å². The summed E-state index contributed by atoms with van der Waals surface area (Å²) in [5, 5.41) is 5.18. The van der Waals surface area contributed by atoms with Crippen LogP contribution in [0.3, 0.4) is 0 Å². The van der Waals surface area contributed by atoms with Gasteiger partial charge in [-0.2, -0.15) is 0 Å². The molecule has 2 N–H and O–H groups in total. The van der Waals surface area contributed by atoms with Gasteiger partial charge in [-0.25, -0.2) is 0 Å². The Bertz CT molecular complexity index is 1140. The van der Waals surface area contributed by atoms with Crippen molar-refractivity contribution in [1.82, 2.24) is 0 Å². The Morgan fingerprint density at radius 3 is 2.37 bits per heavy atom. The lowest BCUT2D eigenvalue weighted by Crippen LogP contribution is -2.17. The SMILES string of the molecule is COc1ccc(-c2cc3c4c(ccc3c3ccccc23)CCCC4N)cc1. The lowest BCUT2D eigenvalue weighted by atomic mass is 9.82. The molecule has 0 saturated carbocycles. The molecular weight excluding hydrogens is 330 g/mol. The number of nitrogens with two attached hydrogens (primary N) is 1. The zero-order chi connectivity index (χ0) is 18.4. The molecule has 27 heavy (non-hydrogen) atoms. The summed E-state index contributed by atoms with van der Waals surface area (Å²) in [5.41, 5.74) is 11.8. The van der Waals surface area contributed by atoms with Crippen molar-refractivity contribution < 1.29 is 4.74 Å². The number of aryl methyl sites for hydroxylation is 1. The van der Waals surface area contributed by atoms with Crippen molar-refractivity contribution in [2.75, 3.05) is 7.11 Å². The quantitative estimate of drug-likeness (QED) is 0.448. The Kier molecular flexibility index (Phi) is 3.87. The fourth-order valence-corrected chi connectivity index (χ4v) is 4.57. The van der Waals surface area contributed by atoms with Gasteiger partial charge in [-0.05, 0) is 81.3 Å². The van der Waals surface area contributed by atoms with Gasteiger partial charge in [0.15, 0.2) is 0 Å². The van der Waals surface area contributed by atoms with Gasteiger partial charge in [-0.3, -0.25) is 0 Å². The van der Waals surface area contributed by atoms with Crippen molar-refractivity contribution in [3.05, 3.63) is 77.9 Å². The molecule has 4 aromatic carbocycles. The van der Waals surface area contributed by atoms with E-state index in [2.05, 4.69) is 54.6 Å². The predicted octanol–water partition coefficient (Wildman–Crippen LogP) is 6.00. The van der Waals surface area contributed by atoms with Crippen LogP contribution in [0.5, 0.6) is 5.75 Å². The van der Waals surface area contributed by atoms with Crippen molar-refractivity contribution >= 4 is 21.5 Å². The molecule has 0 amide bonds. The largest absolute Gasteiger partial charge is 0.497 e. The van der Waals surface area contributed by atoms with Crippen LogP contribution in [0.1, 0.15) is 30.0 Å². The molecule has 0 saturated heterocycles. The van der Waals surface area contributed by atoms with E-state index in [0.717, 1.165) is 18.6 Å². The molecule has 0 heterocycles. The maximum absolute atomic E-state index is 6.57. The van der Waals surface area contributed by atoms with Crippen LogP contribution in [0.2, 0.25) is 0 Å². The predicted molar refractivity (Wildman–Crippen MR) is 113 cm³/mol. The maximum Gasteiger partial charge on any atom is 0.118 e. The summed E-state index contributed by atoms with van der Waals surface area (Å²) in [6.07, 6.45) is 3.37. The second-order valence-corrected chi connectivity index (χ2v) is 7.43. The molecule has 2 nitrogen and oxygen atoms in total. The summed E-state index contributed by atoms with van der Waals surface area (Å²) in [4.78, 5) is 0. The van der Waals surface area contributed by atoms with Crippen LogP contribution in [0.15, 0.2) is 66.7 Å². The third kappa shape index (κ3) is 2.60. The first-order chi connectivity index (χ1) is 13.3. The number of fused-ring (bicyclic) bond motifs is 5. The van der Waals surface area contributed by atoms with Gasteiger partial charge in [0.1, 0.15) is 5.75 Å². The Morgan fingerprint density at radius 2 is 1.59 bits per heavy atom. The highest BCUT2D eigenvalue weighted by atomic mass is 16.5. The average molecular weight is 353 g/mol. The minimum absolute atomic E-state index is 0.127. The molecule has 0 aromatic heterocycles. The molecule has 0 spiro atoms. The van der Waals surface area contributed by atoms with Crippen LogP contribution >= 0.6 is 0 Å². The molecule has 5 rings (SSSR count). The molecule has 0 fully saturated rings. The highest BCUT2D eigenvalue weighted by Crippen LogP contribution is 2.41. The Balaban J connectivity index is 1.87. The summed E-state index contributed by atoms with van der Waals surface area (Å²) in [6, 6.07) is 24.1. The molecule has 0 radical (unpaired) electrons. The molecule has 0 bridgehead atoms. The van der Waals surface area contributed by atoms with Gasteiger partial charge < -0.3 is 10.5 Å². The summed E-state index contributed by atoms with van der Waals surface area (Å²) >= 11 is 0. The Hall–Kier alpha value is -2.84. The van der Waals surface area contributed by atoms with E-state index in [1.807, 2.05) is 12.1 Å². The second kappa shape index (κ2) is 6.40. The standard InChI is InChI=1S/C25H23NO/c1-27-18-12-9-16(10-13-18)22-15-23-21(19-6-2-3-7-20(19)22)14-11-17-5-4-8-24(26)25(17)23/h2-3,6-7,9-15,24H,4-5,8,26H2,1H3. The van der Waals surface area contributed by atoms with Gasteiger partial charge in [0, 0.05) is 6.04 Å². The fourth-order valence-electron chi connectivity index (χ4n) is 4.57. The average Bonchev–Trinajstić information content (AvgIpc) is 2.73. The number of benzene rings is 4. The minimum Gasteiger partial charge on any atom is -0.497 e. The molecule has 1 atom stereocenters. The minimum atomic E-state index is 0.127. The third-order valence-corrected chi connectivity index (χ3v) is 5.91. The van der Waals surface area contributed by atoms with Crippen LogP contribution in [0, 0.1) is 0 Å². The molecule has 2 heteroatoms. The van der Waals surface area contributed by atoms with Crippen LogP contribution < -0.4 is 10.5 Å². The maximum atomic E-state index is 6.57. The molecule has 0 aliphatic heterocycles. The van der Waals surface area contributed by atoms with E-state index in [4.69, 9.17) is 10.5 Å². The lowest BCUT2D eigenvalue weighted by molar-refractivity contribution is 0.415. The summed E-state index contributed by atoms with van der Waals surface area (Å²) in [7, 11) is 1.70. The first-order valence-corrected chi connectivity index (χ1v) is 9.63. The molecule has 1 unspecified atom stereocenters. The zero-order valence-electron chi connectivity index (χ0n) is 15.5. The number of hydrogen-bond donors (Lipinski definition) is 1. The van der Waals surface area contributed by atoms with E-state index < -0.39 is 0 Å². The highest BCUT2D eigenvalue weighted by molar-refractivity contribution is 6.14. The summed E-state index contributed by atoms with van der Waals surface area (Å²) in [6.45, 7) is 0. The van der Waals surface area contributed by atoms with E-state index in [1.165, 1.54) is 50.2 Å². The number of methoxy groups -OCH3 is 1. The first-order valence-electron chi connectivity index (χ1n) is 9.63. The van der Waals surface area contributed by atoms with Gasteiger partial charge in [-0.1, -0.05) is 48.5 Å². The van der Waals surface area contributed by atoms with Crippen LogP contribution in [0.25, 0.3) is 32.7 Å². The summed E-state index contributed by atoms with van der Waals surface area (Å²) in [5.74, 6) is 0.878. The van der Waals surface area contributed by atoms with Gasteiger partial charge >= 0.3 is 0 Å². The Morgan fingerprint density at radius 1 is 0.852 bits per heavy atom. The smallest absolute Gasteiger partial charge is 0.118 e. The second-order valence-electron chi connectivity index (χ2n) is 7.43. The van der Waals surface area contributed by atoms with E-state index in [9.17, 15) is 0 Å². The fraction of sp³-hybridized carbons (Fsp3) is 0.200. The number of hydrogen-bond acceptors (Lipinski definition) is 2. The summed E-state index contributed by atoms with van der Waals surface area (Å²) < 4.78 is 5.33. The lowest BCUT2D eigenvalue weighted by Gasteiger charge is -2.25. The molecule has 1 aliphatic carbocycles. The zero-order valence-corrected chi connectivity index (χ0v) is 15.5. The van der Waals surface area contributed by atoms with Gasteiger partial charge in [0.05, 0.1) is 7.11 Å².